The van der Waals surface area contributed by atoms with E-state index in [-0.39, 0.29) is 12.1 Å². The first-order chi connectivity index (χ1) is 9.11. The van der Waals surface area contributed by atoms with Crippen LogP contribution >= 0.6 is 0 Å². The van der Waals surface area contributed by atoms with Crippen molar-refractivity contribution in [3.8, 4) is 0 Å². The van der Waals surface area contributed by atoms with Gasteiger partial charge in [-0.05, 0) is 33.1 Å². The fraction of sp³-hybridized carbons (Fsp3) is 0.833. The fourth-order valence-electron chi connectivity index (χ4n) is 2.53. The first-order valence-electron chi connectivity index (χ1n) is 6.47. The van der Waals surface area contributed by atoms with Crippen molar-refractivity contribution in [3.05, 3.63) is 0 Å². The van der Waals surface area contributed by atoms with Crippen molar-refractivity contribution >= 4 is 12.0 Å². The number of rotatable bonds is 3. The normalized spacial score (nSPS) is 23.6. The van der Waals surface area contributed by atoms with Gasteiger partial charge in [0.2, 0.25) is 0 Å². The molecule has 1 saturated heterocycles. The van der Waals surface area contributed by atoms with Gasteiger partial charge in [-0.25, -0.2) is 4.79 Å². The predicted octanol–water partition coefficient (Wildman–Crippen LogP) is 2.32. The number of urea groups is 1. The Hall–Kier alpha value is -1.47. The molecule has 1 heterocycles. The highest BCUT2D eigenvalue weighted by atomic mass is 19.4. The molecule has 116 valence electrons. The van der Waals surface area contributed by atoms with Crippen LogP contribution < -0.4 is 0 Å². The second-order valence-electron chi connectivity index (χ2n) is 5.18. The monoisotopic (exact) mass is 296 g/mol. The Labute approximate surface area is 115 Å². The van der Waals surface area contributed by atoms with Crippen LogP contribution in [-0.2, 0) is 4.79 Å². The van der Waals surface area contributed by atoms with E-state index in [9.17, 15) is 22.8 Å². The van der Waals surface area contributed by atoms with Crippen molar-refractivity contribution < 1.29 is 27.9 Å². The Balaban J connectivity index is 2.88. The highest BCUT2D eigenvalue weighted by Crippen LogP contribution is 2.25. The number of likely N-dealkylation sites (tertiary alicyclic amines) is 1. The summed E-state index contributed by atoms with van der Waals surface area (Å²) in [5.74, 6) is -1.46. The summed E-state index contributed by atoms with van der Waals surface area (Å²) >= 11 is 0. The molecule has 5 nitrogen and oxygen atoms in total. The Morgan fingerprint density at radius 1 is 1.25 bits per heavy atom. The maximum absolute atomic E-state index is 12.5. The molecule has 0 saturated carbocycles. The molecule has 1 N–H and O–H groups in total. The van der Waals surface area contributed by atoms with Crippen molar-refractivity contribution in [1.82, 2.24) is 9.80 Å². The molecule has 2 amide bonds. The lowest BCUT2D eigenvalue weighted by Gasteiger charge is -2.41. The van der Waals surface area contributed by atoms with Gasteiger partial charge in [0.05, 0.1) is 0 Å². The van der Waals surface area contributed by atoms with E-state index in [1.54, 1.807) is 13.8 Å². The minimum atomic E-state index is -4.62. The van der Waals surface area contributed by atoms with Gasteiger partial charge >= 0.3 is 18.2 Å². The minimum Gasteiger partial charge on any atom is -0.480 e. The molecule has 0 radical (unpaired) electrons. The van der Waals surface area contributed by atoms with Crippen LogP contribution in [-0.4, -0.2) is 58.3 Å². The second-order valence-corrected chi connectivity index (χ2v) is 5.18. The molecule has 1 rings (SSSR count). The molecule has 0 aliphatic carbocycles. The standard InChI is InChI=1S/C12H19F3N2O3/c1-8-4-3-5-9(2)17(8)11(20)16(6-10(18)19)7-12(13,14)15/h8-9H,3-7H2,1-2H3,(H,18,19). The molecule has 0 aromatic rings. The molecule has 0 spiro atoms. The quantitative estimate of drug-likeness (QED) is 0.869. The number of halogens is 3. The van der Waals surface area contributed by atoms with Crippen LogP contribution in [0.4, 0.5) is 18.0 Å². The third-order valence-corrected chi connectivity index (χ3v) is 3.38. The molecule has 0 aromatic carbocycles. The van der Waals surface area contributed by atoms with Crippen molar-refractivity contribution in [3.63, 3.8) is 0 Å². The van der Waals surface area contributed by atoms with Crippen LogP contribution in [0, 0.1) is 0 Å². The molecule has 8 heteroatoms. The maximum atomic E-state index is 12.5. The van der Waals surface area contributed by atoms with E-state index >= 15 is 0 Å². The van der Waals surface area contributed by atoms with Gasteiger partial charge in [-0.2, -0.15) is 13.2 Å². The van der Waals surface area contributed by atoms with Gasteiger partial charge in [0.25, 0.3) is 0 Å². The summed E-state index contributed by atoms with van der Waals surface area (Å²) in [4.78, 5) is 24.6. The van der Waals surface area contributed by atoms with E-state index in [2.05, 4.69) is 0 Å². The third kappa shape index (κ3) is 4.57. The summed E-state index contributed by atoms with van der Waals surface area (Å²) in [5.41, 5.74) is 0. The van der Waals surface area contributed by atoms with E-state index in [0.717, 1.165) is 6.42 Å². The molecule has 0 aromatic heterocycles. The zero-order valence-corrected chi connectivity index (χ0v) is 11.5. The first-order valence-corrected chi connectivity index (χ1v) is 6.47. The van der Waals surface area contributed by atoms with Gasteiger partial charge in [0.1, 0.15) is 13.1 Å². The van der Waals surface area contributed by atoms with Crippen molar-refractivity contribution in [1.29, 1.82) is 0 Å². The molecule has 1 fully saturated rings. The van der Waals surface area contributed by atoms with Crippen molar-refractivity contribution in [2.75, 3.05) is 13.1 Å². The van der Waals surface area contributed by atoms with Gasteiger partial charge in [-0.1, -0.05) is 0 Å². The number of carbonyl (C=O) groups excluding carboxylic acids is 1. The summed E-state index contributed by atoms with van der Waals surface area (Å²) < 4.78 is 37.4. The van der Waals surface area contributed by atoms with Gasteiger partial charge in [-0.15, -0.1) is 0 Å². The predicted molar refractivity (Wildman–Crippen MR) is 65.3 cm³/mol. The van der Waals surface area contributed by atoms with E-state index < -0.39 is 31.3 Å². The molecular weight excluding hydrogens is 277 g/mol. The van der Waals surface area contributed by atoms with Crippen molar-refractivity contribution in [2.24, 2.45) is 0 Å². The average Bonchev–Trinajstić information content (AvgIpc) is 2.25. The number of hydrogen-bond acceptors (Lipinski definition) is 2. The molecule has 1 aliphatic heterocycles. The molecule has 2 atom stereocenters. The van der Waals surface area contributed by atoms with E-state index in [1.807, 2.05) is 0 Å². The number of carboxylic acid groups (broad SMARTS) is 1. The van der Waals surface area contributed by atoms with Crippen LogP contribution in [0.3, 0.4) is 0 Å². The average molecular weight is 296 g/mol. The Bertz CT molecular complexity index is 363. The fourth-order valence-corrected chi connectivity index (χ4v) is 2.53. The largest absolute Gasteiger partial charge is 0.480 e. The number of piperidine rings is 1. The zero-order chi connectivity index (χ0) is 15.5. The number of carboxylic acids is 1. The molecule has 2 unspecified atom stereocenters. The van der Waals surface area contributed by atoms with E-state index in [0.29, 0.717) is 17.7 Å². The molecule has 0 bridgehead atoms. The molecular formula is C12H19F3N2O3. The number of nitrogens with zero attached hydrogens (tertiary/aromatic N) is 2. The lowest BCUT2D eigenvalue weighted by molar-refractivity contribution is -0.150. The second kappa shape index (κ2) is 6.32. The van der Waals surface area contributed by atoms with Crippen LogP contribution in [0.15, 0.2) is 0 Å². The summed E-state index contributed by atoms with van der Waals surface area (Å²) in [6.07, 6.45) is -2.29. The first kappa shape index (κ1) is 16.6. The highest BCUT2D eigenvalue weighted by Gasteiger charge is 2.38. The smallest absolute Gasteiger partial charge is 0.406 e. The van der Waals surface area contributed by atoms with Gasteiger partial charge in [0.15, 0.2) is 0 Å². The number of hydrogen-bond donors (Lipinski definition) is 1. The van der Waals surface area contributed by atoms with Gasteiger partial charge < -0.3 is 14.9 Å². The van der Waals surface area contributed by atoms with E-state index in [4.69, 9.17) is 5.11 Å². The SMILES string of the molecule is CC1CCCC(C)N1C(=O)N(CC(=O)O)CC(F)(F)F. The lowest BCUT2D eigenvalue weighted by atomic mass is 9.98. The summed E-state index contributed by atoms with van der Waals surface area (Å²) in [6.45, 7) is 1.03. The minimum absolute atomic E-state index is 0.184. The number of carbonyl (C=O) groups is 2. The Kier molecular flexibility index (Phi) is 5.24. The summed E-state index contributed by atoms with van der Waals surface area (Å²) in [5, 5.41) is 8.68. The third-order valence-electron chi connectivity index (χ3n) is 3.38. The Morgan fingerprint density at radius 3 is 2.15 bits per heavy atom. The topological polar surface area (TPSA) is 60.9 Å². The van der Waals surface area contributed by atoms with Crippen LogP contribution in [0.2, 0.25) is 0 Å². The maximum Gasteiger partial charge on any atom is 0.406 e. The number of aliphatic carboxylic acids is 1. The van der Waals surface area contributed by atoms with Crippen LogP contribution in [0.1, 0.15) is 33.1 Å². The van der Waals surface area contributed by atoms with Gasteiger partial charge in [-0.3, -0.25) is 4.79 Å². The Morgan fingerprint density at radius 2 is 1.75 bits per heavy atom. The summed E-state index contributed by atoms with van der Waals surface area (Å²) in [7, 11) is 0. The van der Waals surface area contributed by atoms with Gasteiger partial charge in [0, 0.05) is 12.1 Å². The number of alkyl halides is 3. The number of amides is 2. The van der Waals surface area contributed by atoms with Crippen LogP contribution in [0.25, 0.3) is 0 Å². The molecule has 1 aliphatic rings. The van der Waals surface area contributed by atoms with Crippen molar-refractivity contribution in [2.45, 2.75) is 51.4 Å². The molecule has 20 heavy (non-hydrogen) atoms. The van der Waals surface area contributed by atoms with E-state index in [1.165, 1.54) is 4.90 Å². The summed E-state index contributed by atoms with van der Waals surface area (Å²) in [6, 6.07) is -1.23. The lowest BCUT2D eigenvalue weighted by Crippen LogP contribution is -2.55. The van der Waals surface area contributed by atoms with Crippen LogP contribution in [0.5, 0.6) is 0 Å². The zero-order valence-electron chi connectivity index (χ0n) is 11.5. The highest BCUT2D eigenvalue weighted by molar-refractivity contribution is 5.80.